The molecule has 0 fully saturated rings. The fourth-order valence-corrected chi connectivity index (χ4v) is 3.41. The monoisotopic (exact) mass is 413 g/mol. The molecule has 1 aliphatic heterocycles. The molecule has 0 saturated carbocycles. The highest BCUT2D eigenvalue weighted by Gasteiger charge is 2.47. The smallest absolute Gasteiger partial charge is 0.261 e. The van der Waals surface area contributed by atoms with Crippen LogP contribution in [0, 0.1) is 0 Å². The topological polar surface area (TPSA) is 66.4 Å². The molecular formula is C16H10BrCl2NO3. The fraction of sp³-hybridized carbons (Fsp3) is 0.125. The lowest BCUT2D eigenvalue weighted by atomic mass is 9.88. The van der Waals surface area contributed by atoms with E-state index in [0.29, 0.717) is 20.7 Å². The molecule has 0 aliphatic carbocycles. The lowest BCUT2D eigenvalue weighted by molar-refractivity contribution is -0.133. The molecule has 1 atom stereocenters. The summed E-state index contributed by atoms with van der Waals surface area (Å²) >= 11 is 15.1. The van der Waals surface area contributed by atoms with E-state index >= 15 is 0 Å². The van der Waals surface area contributed by atoms with E-state index in [2.05, 4.69) is 21.2 Å². The van der Waals surface area contributed by atoms with E-state index in [1.165, 1.54) is 18.2 Å². The molecule has 4 nitrogen and oxygen atoms in total. The van der Waals surface area contributed by atoms with Crippen LogP contribution in [0.25, 0.3) is 0 Å². The Morgan fingerprint density at radius 1 is 1.22 bits per heavy atom. The number of halogens is 3. The molecule has 1 heterocycles. The van der Waals surface area contributed by atoms with Gasteiger partial charge in [0.05, 0.1) is 11.4 Å². The number of hydrogen-bond acceptors (Lipinski definition) is 3. The van der Waals surface area contributed by atoms with Gasteiger partial charge in [-0.2, -0.15) is 0 Å². The van der Waals surface area contributed by atoms with Gasteiger partial charge in [0.15, 0.2) is 11.4 Å². The molecule has 3 rings (SSSR count). The quantitative estimate of drug-likeness (QED) is 0.740. The van der Waals surface area contributed by atoms with Gasteiger partial charge in [0.2, 0.25) is 0 Å². The molecule has 0 saturated heterocycles. The molecule has 23 heavy (non-hydrogen) atoms. The number of fused-ring (bicyclic) bond motifs is 1. The third kappa shape index (κ3) is 2.90. The Hall–Kier alpha value is -1.40. The number of benzene rings is 2. The van der Waals surface area contributed by atoms with Crippen molar-refractivity contribution >= 4 is 56.5 Å². The minimum Gasteiger partial charge on any atom is -0.375 e. The maximum atomic E-state index is 12.5. The van der Waals surface area contributed by atoms with E-state index in [4.69, 9.17) is 23.2 Å². The standard InChI is InChI=1S/C16H10BrCl2NO3/c17-8-1-4-13-11(5-8)16(23,15(22)20-13)7-14(21)10-3-2-9(18)6-12(10)19/h1-6,23H,7H2,(H,20,22)/t16-/m0/s1. The lowest BCUT2D eigenvalue weighted by Gasteiger charge is -2.20. The fourth-order valence-electron chi connectivity index (χ4n) is 2.53. The van der Waals surface area contributed by atoms with Crippen LogP contribution in [0.4, 0.5) is 5.69 Å². The zero-order valence-electron chi connectivity index (χ0n) is 11.6. The second-order valence-electron chi connectivity index (χ2n) is 5.23. The predicted molar refractivity (Wildman–Crippen MR) is 92.1 cm³/mol. The first-order chi connectivity index (χ1) is 10.8. The second-order valence-corrected chi connectivity index (χ2v) is 6.99. The zero-order valence-corrected chi connectivity index (χ0v) is 14.7. The van der Waals surface area contributed by atoms with Crippen molar-refractivity contribution in [2.45, 2.75) is 12.0 Å². The minimum atomic E-state index is -1.93. The van der Waals surface area contributed by atoms with Crippen molar-refractivity contribution in [2.75, 3.05) is 5.32 Å². The highest BCUT2D eigenvalue weighted by atomic mass is 79.9. The van der Waals surface area contributed by atoms with Gasteiger partial charge in [-0.15, -0.1) is 0 Å². The summed E-state index contributed by atoms with van der Waals surface area (Å²) in [5.74, 6) is -1.08. The van der Waals surface area contributed by atoms with Crippen molar-refractivity contribution < 1.29 is 14.7 Å². The maximum absolute atomic E-state index is 12.5. The molecule has 7 heteroatoms. The van der Waals surface area contributed by atoms with Crippen LogP contribution < -0.4 is 5.32 Å². The number of aliphatic hydroxyl groups is 1. The largest absolute Gasteiger partial charge is 0.375 e. The molecule has 2 N–H and O–H groups in total. The zero-order chi connectivity index (χ0) is 16.8. The third-order valence-electron chi connectivity index (χ3n) is 3.70. The summed E-state index contributed by atoms with van der Waals surface area (Å²) in [5, 5.41) is 14.0. The van der Waals surface area contributed by atoms with E-state index in [9.17, 15) is 14.7 Å². The van der Waals surface area contributed by atoms with Gasteiger partial charge < -0.3 is 10.4 Å². The number of nitrogens with one attached hydrogen (secondary N) is 1. The summed E-state index contributed by atoms with van der Waals surface area (Å²) in [6.07, 6.45) is -0.413. The Morgan fingerprint density at radius 3 is 2.65 bits per heavy atom. The van der Waals surface area contributed by atoms with Crippen LogP contribution in [0.2, 0.25) is 10.0 Å². The number of carbonyl (C=O) groups is 2. The van der Waals surface area contributed by atoms with E-state index in [0.717, 1.165) is 0 Å². The molecule has 0 spiro atoms. The SMILES string of the molecule is O=C(C[C@@]1(O)C(=O)Nc2ccc(Br)cc21)c1ccc(Cl)cc1Cl. The number of ketones is 1. The van der Waals surface area contributed by atoms with Gasteiger partial charge in [-0.3, -0.25) is 9.59 Å². The van der Waals surface area contributed by atoms with Crippen LogP contribution in [0.1, 0.15) is 22.3 Å². The Balaban J connectivity index is 1.97. The van der Waals surface area contributed by atoms with E-state index in [-0.39, 0.29) is 10.6 Å². The van der Waals surface area contributed by atoms with Gasteiger partial charge in [-0.1, -0.05) is 39.1 Å². The van der Waals surface area contributed by atoms with Gasteiger partial charge in [0.1, 0.15) is 0 Å². The number of amides is 1. The summed E-state index contributed by atoms with van der Waals surface area (Å²) in [4.78, 5) is 24.7. The van der Waals surface area contributed by atoms with Crippen LogP contribution in [0.5, 0.6) is 0 Å². The number of hydrogen-bond donors (Lipinski definition) is 2. The second kappa shape index (κ2) is 5.91. The molecule has 2 aromatic carbocycles. The first kappa shape index (κ1) is 16.5. The Labute approximate surface area is 150 Å². The van der Waals surface area contributed by atoms with Crippen LogP contribution in [0.3, 0.4) is 0 Å². The van der Waals surface area contributed by atoms with Crippen molar-refractivity contribution in [3.8, 4) is 0 Å². The Morgan fingerprint density at radius 2 is 1.96 bits per heavy atom. The van der Waals surface area contributed by atoms with Gasteiger partial charge in [-0.05, 0) is 36.4 Å². The molecule has 2 aromatic rings. The summed E-state index contributed by atoms with van der Waals surface area (Å²) in [5.41, 5.74) is -0.883. The van der Waals surface area contributed by atoms with Crippen LogP contribution in [-0.2, 0) is 10.4 Å². The molecule has 0 bridgehead atoms. The summed E-state index contributed by atoms with van der Waals surface area (Å²) in [6.45, 7) is 0. The maximum Gasteiger partial charge on any atom is 0.261 e. The Bertz CT molecular complexity index is 840. The van der Waals surface area contributed by atoms with Gasteiger partial charge >= 0.3 is 0 Å². The third-order valence-corrected chi connectivity index (χ3v) is 4.74. The lowest BCUT2D eigenvalue weighted by Crippen LogP contribution is -2.36. The van der Waals surface area contributed by atoms with Crippen molar-refractivity contribution in [1.29, 1.82) is 0 Å². The summed E-state index contributed by atoms with van der Waals surface area (Å²) in [7, 11) is 0. The molecule has 118 valence electrons. The van der Waals surface area contributed by atoms with Crippen molar-refractivity contribution in [3.05, 3.63) is 62.0 Å². The van der Waals surface area contributed by atoms with Crippen molar-refractivity contribution in [2.24, 2.45) is 0 Å². The normalized spacial score (nSPS) is 19.4. The number of anilines is 1. The highest BCUT2D eigenvalue weighted by molar-refractivity contribution is 9.10. The molecule has 0 unspecified atom stereocenters. The minimum absolute atomic E-state index is 0.180. The van der Waals surface area contributed by atoms with Crippen molar-refractivity contribution in [1.82, 2.24) is 0 Å². The number of carbonyl (C=O) groups excluding carboxylic acids is 2. The average molecular weight is 415 g/mol. The number of rotatable bonds is 3. The molecular weight excluding hydrogens is 405 g/mol. The van der Waals surface area contributed by atoms with Crippen LogP contribution >= 0.6 is 39.1 Å². The van der Waals surface area contributed by atoms with Crippen LogP contribution in [0.15, 0.2) is 40.9 Å². The molecule has 1 aliphatic rings. The van der Waals surface area contributed by atoms with Crippen LogP contribution in [-0.4, -0.2) is 16.8 Å². The predicted octanol–water partition coefficient (Wildman–Crippen LogP) is 4.17. The van der Waals surface area contributed by atoms with Gasteiger partial charge in [0.25, 0.3) is 5.91 Å². The summed E-state index contributed by atoms with van der Waals surface area (Å²) in [6, 6.07) is 9.47. The molecule has 1 amide bonds. The van der Waals surface area contributed by atoms with E-state index < -0.39 is 23.7 Å². The van der Waals surface area contributed by atoms with E-state index in [1.54, 1.807) is 18.2 Å². The number of Topliss-reactive ketones (excluding diaryl/α,β-unsaturated/α-hetero) is 1. The van der Waals surface area contributed by atoms with Gasteiger partial charge in [0, 0.05) is 26.3 Å². The Kier molecular flexibility index (Phi) is 4.23. The first-order valence-corrected chi connectivity index (χ1v) is 8.18. The highest BCUT2D eigenvalue weighted by Crippen LogP contribution is 2.40. The van der Waals surface area contributed by atoms with Gasteiger partial charge in [-0.25, -0.2) is 0 Å². The summed E-state index contributed by atoms with van der Waals surface area (Å²) < 4.78 is 0.697. The van der Waals surface area contributed by atoms with Crippen molar-refractivity contribution in [3.63, 3.8) is 0 Å². The first-order valence-electron chi connectivity index (χ1n) is 6.63. The molecule has 0 aromatic heterocycles. The van der Waals surface area contributed by atoms with E-state index in [1.807, 2.05) is 0 Å². The molecule has 0 radical (unpaired) electrons. The average Bonchev–Trinajstić information content (AvgIpc) is 2.70.